The molecular weight excluding hydrogens is 265 g/mol. The summed E-state index contributed by atoms with van der Waals surface area (Å²) in [7, 11) is 0. The van der Waals surface area contributed by atoms with Crippen LogP contribution in [0.1, 0.15) is 12.0 Å². The van der Waals surface area contributed by atoms with Gasteiger partial charge in [0.15, 0.2) is 11.6 Å². The van der Waals surface area contributed by atoms with Gasteiger partial charge in [-0.05, 0) is 27.6 Å². The van der Waals surface area contributed by atoms with Crippen molar-refractivity contribution in [2.45, 2.75) is 13.0 Å². The van der Waals surface area contributed by atoms with Crippen LogP contribution < -0.4 is 10.5 Å². The lowest BCUT2D eigenvalue weighted by molar-refractivity contribution is 0.228. The van der Waals surface area contributed by atoms with Crippen LogP contribution in [0.3, 0.4) is 0 Å². The fourth-order valence-electron chi connectivity index (χ4n) is 1.09. The fourth-order valence-corrected chi connectivity index (χ4v) is 1.58. The molecular formula is C10H13BrFNO2. The van der Waals surface area contributed by atoms with Crippen molar-refractivity contribution in [1.82, 2.24) is 0 Å². The largest absolute Gasteiger partial charge is 0.490 e. The van der Waals surface area contributed by atoms with E-state index in [0.717, 1.165) is 0 Å². The summed E-state index contributed by atoms with van der Waals surface area (Å²) in [6.07, 6.45) is 0.482. The van der Waals surface area contributed by atoms with Gasteiger partial charge < -0.3 is 15.6 Å². The second-order valence-electron chi connectivity index (χ2n) is 2.98. The highest BCUT2D eigenvalue weighted by Gasteiger charge is 2.10. The van der Waals surface area contributed by atoms with Crippen LogP contribution in [-0.4, -0.2) is 18.3 Å². The Morgan fingerprint density at radius 1 is 1.47 bits per heavy atom. The van der Waals surface area contributed by atoms with E-state index in [0.29, 0.717) is 23.1 Å². The fraction of sp³-hybridized carbons (Fsp3) is 0.400. The minimum Gasteiger partial charge on any atom is -0.490 e. The Hall–Kier alpha value is -0.650. The molecule has 0 radical (unpaired) electrons. The average molecular weight is 278 g/mol. The summed E-state index contributed by atoms with van der Waals surface area (Å²) in [5.74, 6) is -0.275. The second kappa shape index (κ2) is 6.05. The highest BCUT2D eigenvalue weighted by atomic mass is 79.9. The zero-order valence-corrected chi connectivity index (χ0v) is 9.76. The van der Waals surface area contributed by atoms with Crippen molar-refractivity contribution in [3.63, 3.8) is 0 Å². The Kier molecular flexibility index (Phi) is 5.01. The first-order valence-electron chi connectivity index (χ1n) is 4.61. The van der Waals surface area contributed by atoms with Gasteiger partial charge in [0.1, 0.15) is 0 Å². The van der Waals surface area contributed by atoms with E-state index in [9.17, 15) is 4.39 Å². The molecule has 84 valence electrons. The summed E-state index contributed by atoms with van der Waals surface area (Å²) in [6, 6.07) is 3.25. The van der Waals surface area contributed by atoms with Crippen LogP contribution in [-0.2, 0) is 6.54 Å². The van der Waals surface area contributed by atoms with Crippen molar-refractivity contribution in [2.24, 2.45) is 5.73 Å². The molecule has 0 saturated carbocycles. The van der Waals surface area contributed by atoms with Crippen molar-refractivity contribution < 1.29 is 14.2 Å². The van der Waals surface area contributed by atoms with Gasteiger partial charge in [0.2, 0.25) is 0 Å². The summed E-state index contributed by atoms with van der Waals surface area (Å²) in [5.41, 5.74) is 6.12. The summed E-state index contributed by atoms with van der Waals surface area (Å²) < 4.78 is 19.1. The van der Waals surface area contributed by atoms with Crippen molar-refractivity contribution in [3.8, 4) is 5.75 Å². The predicted molar refractivity (Wildman–Crippen MR) is 59.2 cm³/mol. The number of ether oxygens (including phenoxy) is 1. The smallest absolute Gasteiger partial charge is 0.179 e. The number of halogens is 2. The van der Waals surface area contributed by atoms with Crippen LogP contribution in [0, 0.1) is 5.82 Å². The molecule has 1 rings (SSSR count). The molecule has 0 unspecified atom stereocenters. The normalized spacial score (nSPS) is 10.4. The lowest BCUT2D eigenvalue weighted by Crippen LogP contribution is -2.04. The van der Waals surface area contributed by atoms with Crippen molar-refractivity contribution >= 4 is 15.9 Å². The highest BCUT2D eigenvalue weighted by Crippen LogP contribution is 2.28. The molecule has 0 aromatic heterocycles. The summed E-state index contributed by atoms with van der Waals surface area (Å²) >= 11 is 3.12. The molecule has 0 spiro atoms. The second-order valence-corrected chi connectivity index (χ2v) is 3.77. The van der Waals surface area contributed by atoms with Crippen LogP contribution in [0.15, 0.2) is 16.6 Å². The maximum Gasteiger partial charge on any atom is 0.179 e. The minimum absolute atomic E-state index is 0.0314. The first kappa shape index (κ1) is 12.4. The highest BCUT2D eigenvalue weighted by molar-refractivity contribution is 9.10. The molecule has 3 N–H and O–H groups in total. The molecule has 1 aromatic rings. The van der Waals surface area contributed by atoms with E-state index < -0.39 is 5.82 Å². The number of rotatable bonds is 5. The zero-order chi connectivity index (χ0) is 11.3. The van der Waals surface area contributed by atoms with E-state index in [2.05, 4.69) is 15.9 Å². The van der Waals surface area contributed by atoms with Gasteiger partial charge >= 0.3 is 0 Å². The first-order chi connectivity index (χ1) is 7.20. The lowest BCUT2D eigenvalue weighted by atomic mass is 10.2. The number of hydrogen-bond acceptors (Lipinski definition) is 3. The maximum absolute atomic E-state index is 13.6. The Morgan fingerprint density at radius 3 is 2.80 bits per heavy atom. The molecule has 0 heterocycles. The first-order valence-corrected chi connectivity index (χ1v) is 5.40. The van der Waals surface area contributed by atoms with Gasteiger partial charge in [0.05, 0.1) is 11.1 Å². The Labute approximate surface area is 96.2 Å². The third kappa shape index (κ3) is 3.15. The molecule has 3 nitrogen and oxygen atoms in total. The van der Waals surface area contributed by atoms with Gasteiger partial charge in [0, 0.05) is 19.6 Å². The van der Waals surface area contributed by atoms with Crippen molar-refractivity contribution in [3.05, 3.63) is 28.0 Å². The standard InChI is InChI=1S/C10H13BrFNO2/c11-9-7(6-13)2-3-8(10(9)12)15-5-1-4-14/h2-3,14H,1,4-6,13H2. The molecule has 0 amide bonds. The third-order valence-corrected chi connectivity index (χ3v) is 2.76. The van der Waals surface area contributed by atoms with Crippen LogP contribution in [0.25, 0.3) is 0 Å². The number of nitrogens with two attached hydrogens (primary N) is 1. The lowest BCUT2D eigenvalue weighted by Gasteiger charge is -2.09. The molecule has 0 atom stereocenters. The van der Waals surface area contributed by atoms with E-state index in [4.69, 9.17) is 15.6 Å². The molecule has 0 fully saturated rings. The number of hydrogen-bond donors (Lipinski definition) is 2. The number of aliphatic hydroxyl groups is 1. The minimum atomic E-state index is -0.448. The van der Waals surface area contributed by atoms with Gasteiger partial charge in [-0.1, -0.05) is 6.07 Å². The van der Waals surface area contributed by atoms with Crippen molar-refractivity contribution in [1.29, 1.82) is 0 Å². The predicted octanol–water partition coefficient (Wildman–Crippen LogP) is 1.81. The third-order valence-electron chi connectivity index (χ3n) is 1.91. The van der Waals surface area contributed by atoms with Gasteiger partial charge in [0.25, 0.3) is 0 Å². The summed E-state index contributed by atoms with van der Waals surface area (Å²) in [4.78, 5) is 0. The number of aliphatic hydroxyl groups excluding tert-OH is 1. The summed E-state index contributed by atoms with van der Waals surface area (Å²) in [6.45, 7) is 0.597. The molecule has 1 aromatic carbocycles. The van der Waals surface area contributed by atoms with E-state index in [1.165, 1.54) is 0 Å². The Balaban J connectivity index is 2.77. The molecule has 5 heteroatoms. The van der Waals surface area contributed by atoms with Crippen LogP contribution in [0.5, 0.6) is 5.75 Å². The monoisotopic (exact) mass is 277 g/mol. The van der Waals surface area contributed by atoms with E-state index >= 15 is 0 Å². The Bertz CT molecular complexity index is 333. The topological polar surface area (TPSA) is 55.5 Å². The summed E-state index contributed by atoms with van der Waals surface area (Å²) in [5, 5.41) is 8.55. The molecule has 0 bridgehead atoms. The van der Waals surface area contributed by atoms with Crippen LogP contribution >= 0.6 is 15.9 Å². The van der Waals surface area contributed by atoms with Gasteiger partial charge in [-0.15, -0.1) is 0 Å². The van der Waals surface area contributed by atoms with Gasteiger partial charge in [-0.3, -0.25) is 0 Å². The molecule has 0 saturated heterocycles. The molecule has 0 aliphatic heterocycles. The van der Waals surface area contributed by atoms with E-state index in [1.807, 2.05) is 0 Å². The SMILES string of the molecule is NCc1ccc(OCCCO)c(F)c1Br. The van der Waals surface area contributed by atoms with Gasteiger partial charge in [-0.25, -0.2) is 4.39 Å². The number of benzene rings is 1. The molecule has 0 aliphatic rings. The Morgan fingerprint density at radius 2 is 2.20 bits per heavy atom. The zero-order valence-electron chi connectivity index (χ0n) is 8.17. The molecule has 15 heavy (non-hydrogen) atoms. The van der Waals surface area contributed by atoms with E-state index in [1.54, 1.807) is 12.1 Å². The molecule has 0 aliphatic carbocycles. The van der Waals surface area contributed by atoms with Crippen LogP contribution in [0.2, 0.25) is 0 Å². The van der Waals surface area contributed by atoms with Gasteiger partial charge in [-0.2, -0.15) is 0 Å². The maximum atomic E-state index is 13.6. The average Bonchev–Trinajstić information content (AvgIpc) is 2.25. The quantitative estimate of drug-likeness (QED) is 0.808. The van der Waals surface area contributed by atoms with E-state index in [-0.39, 0.29) is 18.9 Å². The van der Waals surface area contributed by atoms with Crippen LogP contribution in [0.4, 0.5) is 4.39 Å². The van der Waals surface area contributed by atoms with Crippen molar-refractivity contribution in [2.75, 3.05) is 13.2 Å².